The van der Waals surface area contributed by atoms with Crippen molar-refractivity contribution in [3.63, 3.8) is 0 Å². The van der Waals surface area contributed by atoms with E-state index >= 15 is 0 Å². The van der Waals surface area contributed by atoms with Gasteiger partial charge in [0.05, 0.1) is 12.2 Å². The third-order valence-corrected chi connectivity index (χ3v) is 3.64. The highest BCUT2D eigenvalue weighted by atomic mass is 32.1. The first-order valence-electron chi connectivity index (χ1n) is 6.25. The molecule has 0 atom stereocenters. The van der Waals surface area contributed by atoms with E-state index in [-0.39, 0.29) is 5.97 Å². The fraction of sp³-hybridized carbons (Fsp3) is 0.267. The average molecular weight is 275 g/mol. The number of hydrogen-bond acceptors (Lipinski definition) is 4. The second kappa shape index (κ2) is 6.38. The van der Waals surface area contributed by atoms with Gasteiger partial charge < -0.3 is 10.1 Å². The summed E-state index contributed by atoms with van der Waals surface area (Å²) in [5.74, 6) is -0.280. The minimum absolute atomic E-state index is 0.280. The number of carbonyl (C=O) groups is 1. The largest absolute Gasteiger partial charge is 0.462 e. The van der Waals surface area contributed by atoms with E-state index in [1.165, 1.54) is 9.75 Å². The van der Waals surface area contributed by atoms with Crippen LogP contribution in [0.4, 0.5) is 5.69 Å². The standard InChI is InChI=1S/C15H17NO2S/c1-3-18-15(17)12-5-4-6-13(9-12)16-10-14-8-7-11(2)19-14/h4-9,16H,3,10H2,1-2H3. The van der Waals surface area contributed by atoms with Crippen LogP contribution < -0.4 is 5.32 Å². The van der Waals surface area contributed by atoms with Crippen molar-refractivity contribution in [3.8, 4) is 0 Å². The minimum atomic E-state index is -0.280. The van der Waals surface area contributed by atoms with E-state index in [4.69, 9.17) is 4.74 Å². The first kappa shape index (κ1) is 13.6. The molecule has 1 aromatic carbocycles. The Morgan fingerprint density at radius 1 is 1.32 bits per heavy atom. The number of hydrogen-bond donors (Lipinski definition) is 1. The van der Waals surface area contributed by atoms with Crippen molar-refractivity contribution in [3.05, 3.63) is 51.7 Å². The zero-order valence-electron chi connectivity index (χ0n) is 11.1. The molecule has 1 heterocycles. The van der Waals surface area contributed by atoms with E-state index in [2.05, 4.69) is 24.4 Å². The Kier molecular flexibility index (Phi) is 4.58. The molecule has 0 amide bonds. The van der Waals surface area contributed by atoms with Gasteiger partial charge in [-0.15, -0.1) is 11.3 Å². The third kappa shape index (κ3) is 3.83. The highest BCUT2D eigenvalue weighted by Gasteiger charge is 2.06. The van der Waals surface area contributed by atoms with E-state index < -0.39 is 0 Å². The molecule has 0 aliphatic heterocycles. The van der Waals surface area contributed by atoms with Crippen LogP contribution in [0.25, 0.3) is 0 Å². The van der Waals surface area contributed by atoms with Crippen molar-refractivity contribution < 1.29 is 9.53 Å². The monoisotopic (exact) mass is 275 g/mol. The van der Waals surface area contributed by atoms with Crippen LogP contribution in [0, 0.1) is 6.92 Å². The number of carbonyl (C=O) groups excluding carboxylic acids is 1. The molecule has 0 fully saturated rings. The molecule has 0 bridgehead atoms. The van der Waals surface area contributed by atoms with E-state index in [0.717, 1.165) is 12.2 Å². The van der Waals surface area contributed by atoms with Gasteiger partial charge in [0.25, 0.3) is 0 Å². The molecule has 0 saturated carbocycles. The number of aryl methyl sites for hydroxylation is 1. The summed E-state index contributed by atoms with van der Waals surface area (Å²) in [4.78, 5) is 14.2. The van der Waals surface area contributed by atoms with Gasteiger partial charge in [0.1, 0.15) is 0 Å². The molecule has 0 aliphatic rings. The number of ether oxygens (including phenoxy) is 1. The maximum Gasteiger partial charge on any atom is 0.338 e. The lowest BCUT2D eigenvalue weighted by molar-refractivity contribution is 0.0526. The predicted molar refractivity (Wildman–Crippen MR) is 78.8 cm³/mol. The molecule has 0 spiro atoms. The number of rotatable bonds is 5. The van der Waals surface area contributed by atoms with Gasteiger partial charge >= 0.3 is 5.97 Å². The smallest absolute Gasteiger partial charge is 0.338 e. The molecule has 100 valence electrons. The molecule has 2 aromatic rings. The fourth-order valence-electron chi connectivity index (χ4n) is 1.74. The average Bonchev–Trinajstić information content (AvgIpc) is 2.83. The Morgan fingerprint density at radius 3 is 2.84 bits per heavy atom. The van der Waals surface area contributed by atoms with Crippen LogP contribution in [-0.4, -0.2) is 12.6 Å². The molecule has 19 heavy (non-hydrogen) atoms. The first-order chi connectivity index (χ1) is 9.19. The minimum Gasteiger partial charge on any atom is -0.462 e. The summed E-state index contributed by atoms with van der Waals surface area (Å²) >= 11 is 1.77. The molecular weight excluding hydrogens is 258 g/mol. The van der Waals surface area contributed by atoms with Gasteiger partial charge in [0.15, 0.2) is 0 Å². The van der Waals surface area contributed by atoms with Crippen molar-refractivity contribution >= 4 is 23.0 Å². The van der Waals surface area contributed by atoms with Gasteiger partial charge in [-0.3, -0.25) is 0 Å². The molecule has 0 saturated heterocycles. The first-order valence-corrected chi connectivity index (χ1v) is 7.07. The Balaban J connectivity index is 2.00. The quantitative estimate of drug-likeness (QED) is 0.842. The number of anilines is 1. The highest BCUT2D eigenvalue weighted by molar-refractivity contribution is 7.11. The second-order valence-electron chi connectivity index (χ2n) is 4.17. The normalized spacial score (nSPS) is 10.2. The Labute approximate surface area is 117 Å². The molecule has 2 rings (SSSR count). The van der Waals surface area contributed by atoms with E-state index in [9.17, 15) is 4.79 Å². The van der Waals surface area contributed by atoms with Crippen molar-refractivity contribution in [2.24, 2.45) is 0 Å². The van der Waals surface area contributed by atoms with E-state index in [1.807, 2.05) is 18.2 Å². The summed E-state index contributed by atoms with van der Waals surface area (Å²) in [7, 11) is 0. The number of benzene rings is 1. The van der Waals surface area contributed by atoms with Crippen molar-refractivity contribution in [2.75, 3.05) is 11.9 Å². The molecule has 0 radical (unpaired) electrons. The summed E-state index contributed by atoms with van der Waals surface area (Å²) < 4.78 is 4.98. The Bertz CT molecular complexity index is 563. The van der Waals surface area contributed by atoms with Crippen molar-refractivity contribution in [1.29, 1.82) is 0 Å². The fourth-order valence-corrected chi connectivity index (χ4v) is 2.57. The van der Waals surface area contributed by atoms with Crippen LogP contribution in [0.3, 0.4) is 0 Å². The van der Waals surface area contributed by atoms with Gasteiger partial charge in [-0.05, 0) is 44.2 Å². The zero-order valence-corrected chi connectivity index (χ0v) is 11.9. The van der Waals surface area contributed by atoms with E-state index in [0.29, 0.717) is 12.2 Å². The Hall–Kier alpha value is -1.81. The highest BCUT2D eigenvalue weighted by Crippen LogP contribution is 2.18. The predicted octanol–water partition coefficient (Wildman–Crippen LogP) is 3.85. The van der Waals surface area contributed by atoms with Crippen LogP contribution in [0.1, 0.15) is 27.0 Å². The second-order valence-corrected chi connectivity index (χ2v) is 5.54. The SMILES string of the molecule is CCOC(=O)c1cccc(NCc2ccc(C)s2)c1. The molecule has 0 unspecified atom stereocenters. The van der Waals surface area contributed by atoms with Crippen molar-refractivity contribution in [2.45, 2.75) is 20.4 Å². The van der Waals surface area contributed by atoms with Gasteiger partial charge in [0.2, 0.25) is 0 Å². The maximum absolute atomic E-state index is 11.6. The van der Waals surface area contributed by atoms with Crippen LogP contribution in [0.2, 0.25) is 0 Å². The number of esters is 1. The molecule has 3 nitrogen and oxygen atoms in total. The summed E-state index contributed by atoms with van der Waals surface area (Å²) in [5.41, 5.74) is 1.51. The summed E-state index contributed by atoms with van der Waals surface area (Å²) in [6.07, 6.45) is 0. The van der Waals surface area contributed by atoms with E-state index in [1.54, 1.807) is 24.3 Å². The van der Waals surface area contributed by atoms with Gasteiger partial charge in [-0.2, -0.15) is 0 Å². The molecule has 1 aromatic heterocycles. The lowest BCUT2D eigenvalue weighted by Gasteiger charge is -2.07. The topological polar surface area (TPSA) is 38.3 Å². The molecular formula is C15H17NO2S. The van der Waals surface area contributed by atoms with Gasteiger partial charge in [0, 0.05) is 22.0 Å². The molecule has 1 N–H and O–H groups in total. The third-order valence-electron chi connectivity index (χ3n) is 2.64. The summed E-state index contributed by atoms with van der Waals surface area (Å²) in [6, 6.07) is 11.6. The van der Waals surface area contributed by atoms with Crippen molar-refractivity contribution in [1.82, 2.24) is 0 Å². The Morgan fingerprint density at radius 2 is 2.16 bits per heavy atom. The summed E-state index contributed by atoms with van der Waals surface area (Å²) in [6.45, 7) is 5.06. The lowest BCUT2D eigenvalue weighted by atomic mass is 10.2. The number of nitrogens with one attached hydrogen (secondary N) is 1. The van der Waals surface area contributed by atoms with Gasteiger partial charge in [-0.25, -0.2) is 4.79 Å². The lowest BCUT2D eigenvalue weighted by Crippen LogP contribution is -2.05. The van der Waals surface area contributed by atoms with Crippen LogP contribution in [-0.2, 0) is 11.3 Å². The van der Waals surface area contributed by atoms with Crippen LogP contribution >= 0.6 is 11.3 Å². The molecule has 0 aliphatic carbocycles. The molecule has 4 heteroatoms. The summed E-state index contributed by atoms with van der Waals surface area (Å²) in [5, 5.41) is 3.31. The maximum atomic E-state index is 11.6. The van der Waals surface area contributed by atoms with Crippen LogP contribution in [0.15, 0.2) is 36.4 Å². The number of thiophene rings is 1. The van der Waals surface area contributed by atoms with Crippen LogP contribution in [0.5, 0.6) is 0 Å². The van der Waals surface area contributed by atoms with Gasteiger partial charge in [-0.1, -0.05) is 6.07 Å². The zero-order chi connectivity index (χ0) is 13.7.